The molecular formula is C14H20ClFN2O3. The van der Waals surface area contributed by atoms with E-state index in [9.17, 15) is 14.3 Å². The maximum absolute atomic E-state index is 13.4. The summed E-state index contributed by atoms with van der Waals surface area (Å²) in [5.41, 5.74) is -0.0705. The second-order valence-corrected chi connectivity index (χ2v) is 5.61. The van der Waals surface area contributed by atoms with Crippen molar-refractivity contribution in [1.29, 1.82) is 0 Å². The van der Waals surface area contributed by atoms with Gasteiger partial charge in [0.15, 0.2) is 0 Å². The molecule has 0 radical (unpaired) electrons. The molecule has 1 aromatic carbocycles. The van der Waals surface area contributed by atoms with E-state index in [0.717, 1.165) is 0 Å². The molecule has 0 saturated heterocycles. The average Bonchev–Trinajstić information content (AvgIpc) is 2.46. The van der Waals surface area contributed by atoms with Gasteiger partial charge in [0, 0.05) is 13.7 Å². The summed E-state index contributed by atoms with van der Waals surface area (Å²) in [5.74, 6) is -0.602. The minimum Gasteiger partial charge on any atom is -0.394 e. The molecule has 1 atom stereocenters. The SMILES string of the molecule is COC(C)(C)CNC(=O)NC(CO)c1ccc(Cl)c(F)c1. The molecule has 2 amide bonds. The van der Waals surface area contributed by atoms with Gasteiger partial charge in [-0.3, -0.25) is 0 Å². The number of hydrogen-bond donors (Lipinski definition) is 3. The molecule has 0 bridgehead atoms. The number of nitrogens with one attached hydrogen (secondary N) is 2. The van der Waals surface area contributed by atoms with Crippen LogP contribution in [0.3, 0.4) is 0 Å². The average molecular weight is 319 g/mol. The summed E-state index contributed by atoms with van der Waals surface area (Å²) in [6.45, 7) is 3.58. The third-order valence-corrected chi connectivity index (χ3v) is 3.37. The second kappa shape index (κ2) is 7.59. The van der Waals surface area contributed by atoms with Gasteiger partial charge in [-0.2, -0.15) is 0 Å². The number of aliphatic hydroxyl groups excluding tert-OH is 1. The van der Waals surface area contributed by atoms with Gasteiger partial charge >= 0.3 is 6.03 Å². The van der Waals surface area contributed by atoms with Gasteiger partial charge in [-0.15, -0.1) is 0 Å². The van der Waals surface area contributed by atoms with Crippen LogP contribution >= 0.6 is 11.6 Å². The largest absolute Gasteiger partial charge is 0.394 e. The number of hydrogen-bond acceptors (Lipinski definition) is 3. The van der Waals surface area contributed by atoms with Crippen LogP contribution in [0.1, 0.15) is 25.5 Å². The van der Waals surface area contributed by atoms with E-state index in [4.69, 9.17) is 16.3 Å². The van der Waals surface area contributed by atoms with Crippen LogP contribution in [0.4, 0.5) is 9.18 Å². The van der Waals surface area contributed by atoms with E-state index >= 15 is 0 Å². The lowest BCUT2D eigenvalue weighted by Crippen LogP contribution is -2.45. The molecule has 0 heterocycles. The summed E-state index contributed by atoms with van der Waals surface area (Å²) < 4.78 is 18.6. The highest BCUT2D eigenvalue weighted by molar-refractivity contribution is 6.30. The van der Waals surface area contributed by atoms with E-state index in [1.165, 1.54) is 12.1 Å². The molecule has 0 aliphatic rings. The van der Waals surface area contributed by atoms with Gasteiger partial charge in [-0.25, -0.2) is 9.18 Å². The number of carbonyl (C=O) groups is 1. The summed E-state index contributed by atoms with van der Waals surface area (Å²) in [7, 11) is 1.55. The zero-order valence-corrected chi connectivity index (χ0v) is 13.0. The molecule has 0 aromatic heterocycles. The molecule has 0 spiro atoms. The van der Waals surface area contributed by atoms with Gasteiger partial charge in [-0.1, -0.05) is 17.7 Å². The fraction of sp³-hybridized carbons (Fsp3) is 0.500. The molecule has 1 rings (SSSR count). The number of benzene rings is 1. The first-order valence-electron chi connectivity index (χ1n) is 6.44. The smallest absolute Gasteiger partial charge is 0.315 e. The Labute approximate surface area is 128 Å². The monoisotopic (exact) mass is 318 g/mol. The minimum atomic E-state index is -0.720. The molecule has 0 fully saturated rings. The lowest BCUT2D eigenvalue weighted by atomic mass is 10.1. The molecule has 0 aliphatic carbocycles. The van der Waals surface area contributed by atoms with E-state index in [0.29, 0.717) is 12.1 Å². The van der Waals surface area contributed by atoms with E-state index in [2.05, 4.69) is 10.6 Å². The third-order valence-electron chi connectivity index (χ3n) is 3.06. The Balaban J connectivity index is 2.65. The van der Waals surface area contributed by atoms with Crippen LogP contribution in [0.15, 0.2) is 18.2 Å². The van der Waals surface area contributed by atoms with Crippen LogP contribution in [0.25, 0.3) is 0 Å². The van der Waals surface area contributed by atoms with Crippen molar-refractivity contribution in [3.8, 4) is 0 Å². The standard InChI is InChI=1S/C14H20ClFN2O3/c1-14(2,21-3)8-17-13(20)18-12(7-19)9-4-5-10(15)11(16)6-9/h4-6,12,19H,7-8H2,1-3H3,(H2,17,18,20). The minimum absolute atomic E-state index is 0.0123. The van der Waals surface area contributed by atoms with Crippen molar-refractivity contribution in [2.24, 2.45) is 0 Å². The van der Waals surface area contributed by atoms with Crippen LogP contribution in [-0.4, -0.2) is 37.0 Å². The summed E-state index contributed by atoms with van der Waals surface area (Å²) in [4.78, 5) is 11.8. The molecule has 21 heavy (non-hydrogen) atoms. The van der Waals surface area contributed by atoms with Crippen molar-refractivity contribution in [1.82, 2.24) is 10.6 Å². The number of halogens is 2. The first-order chi connectivity index (χ1) is 9.79. The molecule has 1 aromatic rings. The lowest BCUT2D eigenvalue weighted by Gasteiger charge is -2.24. The summed E-state index contributed by atoms with van der Waals surface area (Å²) >= 11 is 5.60. The zero-order chi connectivity index (χ0) is 16.0. The number of amides is 2. The van der Waals surface area contributed by atoms with E-state index in [1.54, 1.807) is 13.2 Å². The topological polar surface area (TPSA) is 70.6 Å². The highest BCUT2D eigenvalue weighted by Gasteiger charge is 2.19. The highest BCUT2D eigenvalue weighted by Crippen LogP contribution is 2.20. The first-order valence-corrected chi connectivity index (χ1v) is 6.82. The van der Waals surface area contributed by atoms with Crippen molar-refractivity contribution in [2.45, 2.75) is 25.5 Å². The second-order valence-electron chi connectivity index (χ2n) is 5.20. The molecule has 1 unspecified atom stereocenters. The summed E-state index contributed by atoms with van der Waals surface area (Å²) in [5, 5.41) is 14.5. The Kier molecular flexibility index (Phi) is 6.39. The number of carbonyl (C=O) groups excluding carboxylic acids is 1. The molecule has 0 saturated carbocycles. The van der Waals surface area contributed by atoms with Crippen molar-refractivity contribution in [3.63, 3.8) is 0 Å². The summed E-state index contributed by atoms with van der Waals surface area (Å²) in [6.07, 6.45) is 0. The van der Waals surface area contributed by atoms with Gasteiger partial charge in [0.25, 0.3) is 0 Å². The molecule has 3 N–H and O–H groups in total. The van der Waals surface area contributed by atoms with E-state index in [-0.39, 0.29) is 11.6 Å². The zero-order valence-electron chi connectivity index (χ0n) is 12.2. The van der Waals surface area contributed by atoms with Gasteiger partial charge in [0.2, 0.25) is 0 Å². The molecule has 5 nitrogen and oxygen atoms in total. The van der Waals surface area contributed by atoms with Crippen molar-refractivity contribution < 1.29 is 19.0 Å². The molecule has 118 valence electrons. The Morgan fingerprint density at radius 1 is 1.52 bits per heavy atom. The van der Waals surface area contributed by atoms with Crippen LogP contribution in [0.2, 0.25) is 5.02 Å². The Hall–Kier alpha value is -1.37. The van der Waals surface area contributed by atoms with Gasteiger partial charge in [-0.05, 0) is 31.5 Å². The lowest BCUT2D eigenvalue weighted by molar-refractivity contribution is 0.0252. The molecule has 7 heteroatoms. The van der Waals surface area contributed by atoms with Crippen LogP contribution in [0.5, 0.6) is 0 Å². The maximum atomic E-state index is 13.4. The van der Waals surface area contributed by atoms with Crippen LogP contribution < -0.4 is 10.6 Å². The van der Waals surface area contributed by atoms with Gasteiger partial charge < -0.3 is 20.5 Å². The van der Waals surface area contributed by atoms with Crippen molar-refractivity contribution in [2.75, 3.05) is 20.3 Å². The summed E-state index contributed by atoms with van der Waals surface area (Å²) in [6, 6.07) is 2.91. The third kappa shape index (κ3) is 5.49. The molecule has 0 aliphatic heterocycles. The predicted molar refractivity (Wildman–Crippen MR) is 78.9 cm³/mol. The van der Waals surface area contributed by atoms with Gasteiger partial charge in [0.05, 0.1) is 23.3 Å². The number of urea groups is 1. The maximum Gasteiger partial charge on any atom is 0.315 e. The normalized spacial score (nSPS) is 12.9. The fourth-order valence-corrected chi connectivity index (χ4v) is 1.66. The van der Waals surface area contributed by atoms with Crippen LogP contribution in [0, 0.1) is 5.82 Å². The Morgan fingerprint density at radius 3 is 2.71 bits per heavy atom. The van der Waals surface area contributed by atoms with Gasteiger partial charge in [0.1, 0.15) is 5.82 Å². The molecular weight excluding hydrogens is 299 g/mol. The van der Waals surface area contributed by atoms with E-state index < -0.39 is 23.5 Å². The number of rotatable bonds is 6. The predicted octanol–water partition coefficient (Wildman–Crippen LogP) is 2.24. The quantitative estimate of drug-likeness (QED) is 0.753. The van der Waals surface area contributed by atoms with E-state index in [1.807, 2.05) is 13.8 Å². The number of ether oxygens (including phenoxy) is 1. The van der Waals surface area contributed by atoms with Crippen molar-refractivity contribution >= 4 is 17.6 Å². The number of methoxy groups -OCH3 is 1. The Morgan fingerprint density at radius 2 is 2.19 bits per heavy atom. The first kappa shape index (κ1) is 17.7. The van der Waals surface area contributed by atoms with Crippen molar-refractivity contribution in [3.05, 3.63) is 34.6 Å². The highest BCUT2D eigenvalue weighted by atomic mass is 35.5. The number of aliphatic hydroxyl groups is 1. The van der Waals surface area contributed by atoms with Crippen LogP contribution in [-0.2, 0) is 4.74 Å². The Bertz CT molecular complexity index is 497. The fourth-order valence-electron chi connectivity index (χ4n) is 1.54.